The summed E-state index contributed by atoms with van der Waals surface area (Å²) in [6.07, 6.45) is -0.934. The van der Waals surface area contributed by atoms with E-state index in [2.05, 4.69) is 10.1 Å². The molecule has 10 heteroatoms. The van der Waals surface area contributed by atoms with Gasteiger partial charge in [0.15, 0.2) is 5.15 Å². The average molecular weight is 335 g/mol. The highest BCUT2D eigenvalue weighted by Crippen LogP contribution is 2.29. The Labute approximate surface area is 128 Å². The maximum absolute atomic E-state index is 12.5. The Bertz CT molecular complexity index is 702. The average Bonchev–Trinajstić information content (AvgIpc) is 2.87. The van der Waals surface area contributed by atoms with Crippen molar-refractivity contribution in [1.29, 1.82) is 0 Å². The van der Waals surface area contributed by atoms with Gasteiger partial charge >= 0.3 is 12.1 Å². The highest BCUT2D eigenvalue weighted by molar-refractivity contribution is 6.32. The Hall–Kier alpha value is -2.29. The van der Waals surface area contributed by atoms with E-state index in [9.17, 15) is 18.0 Å². The van der Waals surface area contributed by atoms with E-state index in [4.69, 9.17) is 16.3 Å². The molecule has 6 nitrogen and oxygen atoms in total. The zero-order valence-electron chi connectivity index (χ0n) is 11.4. The smallest absolute Gasteiger partial charge is 0.471 e. The summed E-state index contributed by atoms with van der Waals surface area (Å²) < 4.78 is 43.6. The van der Waals surface area contributed by atoms with Gasteiger partial charge in [0.2, 0.25) is 0 Å². The molecule has 2 heterocycles. The number of pyridine rings is 1. The Morgan fingerprint density at radius 2 is 2.09 bits per heavy atom. The first kappa shape index (κ1) is 16.1. The van der Waals surface area contributed by atoms with Crippen LogP contribution in [0.5, 0.6) is 5.75 Å². The molecule has 0 saturated heterocycles. The predicted molar refractivity (Wildman–Crippen MR) is 72.4 cm³/mol. The topological polar surface area (TPSA) is 60.2 Å². The van der Waals surface area contributed by atoms with Gasteiger partial charge in [0.25, 0.3) is 0 Å². The standard InChI is InChI=1S/C12H10ClF3N4O2/c1-19(11(21)12(14,15)16)9-6-20(18-10(9)13)7-3-8(22-2)5-17-4-7/h3-6H,1-2H3. The summed E-state index contributed by atoms with van der Waals surface area (Å²) in [6, 6.07) is 1.56. The zero-order chi connectivity index (χ0) is 16.5. The lowest BCUT2D eigenvalue weighted by Gasteiger charge is -2.16. The van der Waals surface area contributed by atoms with Crippen LogP contribution in [-0.2, 0) is 4.79 Å². The minimum atomic E-state index is -5.00. The zero-order valence-corrected chi connectivity index (χ0v) is 12.2. The number of hydrogen-bond acceptors (Lipinski definition) is 4. The lowest BCUT2D eigenvalue weighted by Crippen LogP contribution is -2.38. The molecular weight excluding hydrogens is 325 g/mol. The minimum absolute atomic E-state index is 0.174. The summed E-state index contributed by atoms with van der Waals surface area (Å²) in [5.41, 5.74) is 0.243. The number of ether oxygens (including phenoxy) is 1. The van der Waals surface area contributed by atoms with Crippen LogP contribution in [0.4, 0.5) is 18.9 Å². The summed E-state index contributed by atoms with van der Waals surface area (Å²) in [4.78, 5) is 15.5. The van der Waals surface area contributed by atoms with Crippen LogP contribution in [0.1, 0.15) is 0 Å². The van der Waals surface area contributed by atoms with E-state index in [1.54, 1.807) is 6.07 Å². The van der Waals surface area contributed by atoms with Crippen LogP contribution < -0.4 is 9.64 Å². The number of methoxy groups -OCH3 is 1. The fourth-order valence-corrected chi connectivity index (χ4v) is 1.90. The van der Waals surface area contributed by atoms with Crippen LogP contribution >= 0.6 is 11.6 Å². The normalized spacial score (nSPS) is 11.4. The van der Waals surface area contributed by atoms with E-state index < -0.39 is 12.1 Å². The molecule has 0 aromatic carbocycles. The molecule has 0 aliphatic rings. The fourth-order valence-electron chi connectivity index (χ4n) is 1.64. The van der Waals surface area contributed by atoms with Gasteiger partial charge < -0.3 is 9.64 Å². The number of alkyl halides is 3. The predicted octanol–water partition coefficient (Wildman–Crippen LogP) is 2.45. The lowest BCUT2D eigenvalue weighted by molar-refractivity contribution is -0.170. The number of halogens is 4. The van der Waals surface area contributed by atoms with Crippen LogP contribution in [0.2, 0.25) is 5.15 Å². The Morgan fingerprint density at radius 3 is 2.68 bits per heavy atom. The van der Waals surface area contributed by atoms with Crippen LogP contribution in [-0.4, -0.2) is 41.0 Å². The summed E-state index contributed by atoms with van der Waals surface area (Å²) in [6.45, 7) is 0. The SMILES string of the molecule is COc1cncc(-n2cc(N(C)C(=O)C(F)(F)F)c(Cl)n2)c1. The van der Waals surface area contributed by atoms with Crippen LogP contribution in [0.15, 0.2) is 24.7 Å². The van der Waals surface area contributed by atoms with Gasteiger partial charge in [-0.1, -0.05) is 11.6 Å². The highest BCUT2D eigenvalue weighted by atomic mass is 35.5. The number of aromatic nitrogens is 3. The summed E-state index contributed by atoms with van der Waals surface area (Å²) >= 11 is 5.81. The molecule has 1 amide bonds. The molecule has 2 aromatic rings. The van der Waals surface area contributed by atoms with Crippen molar-refractivity contribution in [1.82, 2.24) is 14.8 Å². The second kappa shape index (κ2) is 5.84. The quantitative estimate of drug-likeness (QED) is 0.865. The van der Waals surface area contributed by atoms with Gasteiger partial charge in [-0.3, -0.25) is 9.78 Å². The Morgan fingerprint density at radius 1 is 1.41 bits per heavy atom. The molecule has 2 aromatic heterocycles. The molecule has 0 N–H and O–H groups in total. The number of amides is 1. The number of carbonyl (C=O) groups excluding carboxylic acids is 1. The second-order valence-electron chi connectivity index (χ2n) is 4.19. The molecular formula is C12H10ClF3N4O2. The molecule has 0 bridgehead atoms. The number of nitrogens with zero attached hydrogens (tertiary/aromatic N) is 4. The third-order valence-electron chi connectivity index (χ3n) is 2.76. The highest BCUT2D eigenvalue weighted by Gasteiger charge is 2.42. The van der Waals surface area contributed by atoms with E-state index in [1.807, 2.05) is 0 Å². The van der Waals surface area contributed by atoms with Gasteiger partial charge in [0.05, 0.1) is 31.4 Å². The van der Waals surface area contributed by atoms with Gasteiger partial charge in [-0.2, -0.15) is 18.3 Å². The van der Waals surface area contributed by atoms with Gasteiger partial charge in [-0.15, -0.1) is 0 Å². The van der Waals surface area contributed by atoms with Crippen molar-refractivity contribution < 1.29 is 22.7 Å². The van der Waals surface area contributed by atoms with Crippen molar-refractivity contribution >= 4 is 23.2 Å². The minimum Gasteiger partial charge on any atom is -0.495 e. The molecule has 0 aliphatic heterocycles. The van der Waals surface area contributed by atoms with Crippen molar-refractivity contribution in [3.05, 3.63) is 29.8 Å². The lowest BCUT2D eigenvalue weighted by atomic mass is 10.4. The third-order valence-corrected chi connectivity index (χ3v) is 3.03. The molecule has 2 rings (SSSR count). The third kappa shape index (κ3) is 3.14. The molecule has 0 fully saturated rings. The van der Waals surface area contributed by atoms with E-state index in [0.29, 0.717) is 16.3 Å². The van der Waals surface area contributed by atoms with Gasteiger partial charge in [0.1, 0.15) is 11.4 Å². The van der Waals surface area contributed by atoms with Gasteiger partial charge in [0, 0.05) is 13.1 Å². The molecule has 22 heavy (non-hydrogen) atoms. The number of hydrogen-bond donors (Lipinski definition) is 0. The maximum atomic E-state index is 12.5. The van der Waals surface area contributed by atoms with E-state index >= 15 is 0 Å². The Balaban J connectivity index is 2.37. The van der Waals surface area contributed by atoms with Crippen molar-refractivity contribution in [2.24, 2.45) is 0 Å². The van der Waals surface area contributed by atoms with E-state index in [1.165, 1.54) is 30.4 Å². The van der Waals surface area contributed by atoms with Crippen molar-refractivity contribution in [2.75, 3.05) is 19.1 Å². The number of anilines is 1. The second-order valence-corrected chi connectivity index (χ2v) is 4.55. The summed E-state index contributed by atoms with van der Waals surface area (Å²) in [5.74, 6) is -1.61. The van der Waals surface area contributed by atoms with Gasteiger partial charge in [-0.05, 0) is 0 Å². The molecule has 118 valence electrons. The van der Waals surface area contributed by atoms with Gasteiger partial charge in [-0.25, -0.2) is 4.68 Å². The number of rotatable bonds is 3. The number of carbonyl (C=O) groups is 1. The Kier molecular flexibility index (Phi) is 4.27. The first-order chi connectivity index (χ1) is 10.2. The molecule has 0 aliphatic carbocycles. The largest absolute Gasteiger partial charge is 0.495 e. The molecule has 0 atom stereocenters. The van der Waals surface area contributed by atoms with E-state index in [0.717, 1.165) is 7.05 Å². The van der Waals surface area contributed by atoms with Crippen molar-refractivity contribution in [3.8, 4) is 11.4 Å². The molecule has 0 saturated carbocycles. The van der Waals surface area contributed by atoms with E-state index in [-0.39, 0.29) is 10.8 Å². The first-order valence-electron chi connectivity index (χ1n) is 5.83. The maximum Gasteiger partial charge on any atom is 0.471 e. The van der Waals surface area contributed by atoms with Crippen LogP contribution in [0.25, 0.3) is 5.69 Å². The monoisotopic (exact) mass is 334 g/mol. The summed E-state index contributed by atoms with van der Waals surface area (Å²) in [7, 11) is 2.41. The molecule has 0 radical (unpaired) electrons. The molecule has 0 spiro atoms. The molecule has 0 unspecified atom stereocenters. The first-order valence-corrected chi connectivity index (χ1v) is 6.21. The van der Waals surface area contributed by atoms with Crippen molar-refractivity contribution in [3.63, 3.8) is 0 Å². The van der Waals surface area contributed by atoms with Crippen LogP contribution in [0.3, 0.4) is 0 Å². The summed E-state index contributed by atoms with van der Waals surface area (Å²) in [5, 5.41) is 3.62. The fraction of sp³-hybridized carbons (Fsp3) is 0.250. The van der Waals surface area contributed by atoms with Crippen LogP contribution in [0, 0.1) is 0 Å². The van der Waals surface area contributed by atoms with Crippen molar-refractivity contribution in [2.45, 2.75) is 6.18 Å².